The summed E-state index contributed by atoms with van der Waals surface area (Å²) in [7, 11) is 15.8. The third kappa shape index (κ3) is 50.6. The Morgan fingerprint density at radius 2 is 1.07 bits per heavy atom. The average Bonchev–Trinajstić information content (AvgIpc) is 3.63. The summed E-state index contributed by atoms with van der Waals surface area (Å²) < 4.78 is 121. The lowest BCUT2D eigenvalue weighted by molar-refractivity contribution is -0.167. The van der Waals surface area contributed by atoms with Gasteiger partial charge >= 0.3 is 6.18 Å². The maximum atomic E-state index is 10.9. The molecule has 2 atom stereocenters. The van der Waals surface area contributed by atoms with Crippen molar-refractivity contribution >= 4 is 0 Å². The Kier molecular flexibility index (Phi) is 49.4. The number of aromatic nitrogens is 1. The van der Waals surface area contributed by atoms with Crippen molar-refractivity contribution in [3.05, 3.63) is 24.5 Å². The van der Waals surface area contributed by atoms with Gasteiger partial charge in [-0.05, 0) is 56.6 Å². The first kappa shape index (κ1) is 63.4. The summed E-state index contributed by atoms with van der Waals surface area (Å²) in [5, 5.41) is 0. The van der Waals surface area contributed by atoms with E-state index in [-0.39, 0.29) is 0 Å². The molecule has 20 heteroatoms. The number of methoxy groups -OCH3 is 10. The summed E-state index contributed by atoms with van der Waals surface area (Å²) in [4.78, 5) is 3.83. The van der Waals surface area contributed by atoms with E-state index in [0.29, 0.717) is 37.6 Å². The average molecular weight is 904 g/mol. The number of alkyl halides is 5. The lowest BCUT2D eigenvalue weighted by Crippen LogP contribution is -2.34. The van der Waals surface area contributed by atoms with E-state index in [9.17, 15) is 22.0 Å². The number of nitrogens with zero attached hydrogens (tertiary/aromatic N) is 1. The Morgan fingerprint density at radius 3 is 1.23 bits per heavy atom. The van der Waals surface area contributed by atoms with Gasteiger partial charge in [0.2, 0.25) is 0 Å². The predicted molar refractivity (Wildman–Crippen MR) is 220 cm³/mol. The molecule has 1 aromatic rings. The SMILES string of the molecule is COC1CCOCC1.COC1COC1.COCC(F)(F)F.COCC(F)F.COCC1CC1.COCCOC.CO[C@@H]1CCOC1.CO[C@H]1CCOC1.COc1cccnc1. The van der Waals surface area contributed by atoms with Gasteiger partial charge in [0.15, 0.2) is 0 Å². The molecule has 61 heavy (non-hydrogen) atoms. The molecule has 4 saturated heterocycles. The molecule has 15 nitrogen and oxygen atoms in total. The van der Waals surface area contributed by atoms with Crippen LogP contribution in [-0.4, -0.2) is 199 Å². The number of hydrogen-bond donors (Lipinski definition) is 0. The zero-order valence-electron chi connectivity index (χ0n) is 38.3. The third-order valence-electron chi connectivity index (χ3n) is 7.95. The van der Waals surface area contributed by atoms with Gasteiger partial charge in [-0.15, -0.1) is 0 Å². The molecule has 1 aliphatic carbocycles. The zero-order valence-corrected chi connectivity index (χ0v) is 38.3. The van der Waals surface area contributed by atoms with E-state index >= 15 is 0 Å². The van der Waals surface area contributed by atoms with Gasteiger partial charge in [0.05, 0.1) is 71.3 Å². The first-order chi connectivity index (χ1) is 29.3. The molecule has 0 amide bonds. The van der Waals surface area contributed by atoms with Crippen LogP contribution < -0.4 is 4.74 Å². The van der Waals surface area contributed by atoms with Crippen LogP contribution in [-0.2, 0) is 61.6 Å². The largest absolute Gasteiger partial charge is 0.495 e. The fourth-order valence-corrected chi connectivity index (χ4v) is 4.10. The van der Waals surface area contributed by atoms with E-state index in [1.807, 2.05) is 12.1 Å². The summed E-state index contributed by atoms with van der Waals surface area (Å²) >= 11 is 0. The molecule has 5 fully saturated rings. The van der Waals surface area contributed by atoms with E-state index < -0.39 is 25.8 Å². The highest BCUT2D eigenvalue weighted by atomic mass is 19.4. The van der Waals surface area contributed by atoms with Crippen LogP contribution >= 0.6 is 0 Å². The van der Waals surface area contributed by atoms with Crippen LogP contribution in [0.1, 0.15) is 38.5 Å². The molecule has 5 heterocycles. The van der Waals surface area contributed by atoms with Crippen molar-refractivity contribution in [3.63, 3.8) is 0 Å². The highest BCUT2D eigenvalue weighted by Crippen LogP contribution is 2.28. The second-order valence-corrected chi connectivity index (χ2v) is 13.1. The quantitative estimate of drug-likeness (QED) is 0.164. The number of halogens is 5. The van der Waals surface area contributed by atoms with Crippen molar-refractivity contribution in [2.75, 3.05) is 157 Å². The highest BCUT2D eigenvalue weighted by Gasteiger charge is 2.26. The van der Waals surface area contributed by atoms with E-state index in [1.54, 1.807) is 69.3 Å². The van der Waals surface area contributed by atoms with Crippen LogP contribution in [0.5, 0.6) is 5.75 Å². The van der Waals surface area contributed by atoms with Gasteiger partial charge in [-0.25, -0.2) is 8.78 Å². The van der Waals surface area contributed by atoms with Crippen LogP contribution in [0, 0.1) is 5.92 Å². The van der Waals surface area contributed by atoms with Gasteiger partial charge < -0.3 is 66.3 Å². The van der Waals surface area contributed by atoms with Crippen molar-refractivity contribution in [3.8, 4) is 5.75 Å². The molecule has 5 aliphatic rings. The Labute approximate surface area is 361 Å². The second-order valence-electron chi connectivity index (χ2n) is 13.1. The van der Waals surface area contributed by atoms with Gasteiger partial charge in [-0.1, -0.05) is 0 Å². The molecular formula is C41H78F5NO14. The van der Waals surface area contributed by atoms with Crippen LogP contribution in [0.15, 0.2) is 24.5 Å². The second kappa shape index (κ2) is 47.6. The first-order valence-electron chi connectivity index (χ1n) is 20.0. The van der Waals surface area contributed by atoms with Gasteiger partial charge in [0, 0.05) is 103 Å². The summed E-state index contributed by atoms with van der Waals surface area (Å²) in [6.07, 6.45) is 5.54. The Morgan fingerprint density at radius 1 is 0.590 bits per heavy atom. The minimum Gasteiger partial charge on any atom is -0.495 e. The van der Waals surface area contributed by atoms with Crippen LogP contribution in [0.25, 0.3) is 0 Å². The Balaban J connectivity index is -0.000000622. The van der Waals surface area contributed by atoms with Crippen molar-refractivity contribution in [1.29, 1.82) is 0 Å². The van der Waals surface area contributed by atoms with Crippen molar-refractivity contribution in [2.24, 2.45) is 5.92 Å². The van der Waals surface area contributed by atoms with Crippen molar-refractivity contribution in [1.82, 2.24) is 4.98 Å². The highest BCUT2D eigenvalue weighted by molar-refractivity contribution is 5.14. The Bertz CT molecular complexity index is 930. The molecule has 0 spiro atoms. The smallest absolute Gasteiger partial charge is 0.411 e. The number of hydrogen-bond acceptors (Lipinski definition) is 15. The summed E-state index contributed by atoms with van der Waals surface area (Å²) in [6.45, 7) is 7.40. The molecule has 1 saturated carbocycles. The molecule has 0 unspecified atom stereocenters. The van der Waals surface area contributed by atoms with Gasteiger partial charge in [0.1, 0.15) is 25.1 Å². The molecule has 0 N–H and O–H groups in total. The minimum atomic E-state index is -4.17. The van der Waals surface area contributed by atoms with Crippen molar-refractivity contribution in [2.45, 2.75) is 75.5 Å². The maximum absolute atomic E-state index is 10.9. The maximum Gasteiger partial charge on any atom is 0.411 e. The van der Waals surface area contributed by atoms with E-state index in [2.05, 4.69) is 23.9 Å². The summed E-state index contributed by atoms with van der Waals surface area (Å²) in [5.74, 6) is 1.72. The van der Waals surface area contributed by atoms with E-state index in [4.69, 9.17) is 47.4 Å². The van der Waals surface area contributed by atoms with E-state index in [0.717, 1.165) is 104 Å². The Hall–Kier alpha value is -1.92. The number of pyridine rings is 1. The van der Waals surface area contributed by atoms with Crippen LogP contribution in [0.3, 0.4) is 0 Å². The summed E-state index contributed by atoms with van der Waals surface area (Å²) in [5.41, 5.74) is 0. The number of rotatable bonds is 13. The molecule has 366 valence electrons. The summed E-state index contributed by atoms with van der Waals surface area (Å²) in [6, 6.07) is 3.69. The zero-order chi connectivity index (χ0) is 46.4. The molecular weight excluding hydrogens is 825 g/mol. The molecule has 0 radical (unpaired) electrons. The predicted octanol–water partition coefficient (Wildman–Crippen LogP) is 6.19. The standard InChI is InChI=1S/C6H7NO.C6H12O2.2C5H10O2.C5H10O.C4H8O2.C4H10O2.C3H5F3O.C3H6F2O/c1-8-6-3-2-4-7-5-6;1-7-6-2-4-8-5-3-6;2*1-6-5-2-3-7-4-5;1-6-4-5-2-3-5;1-5-4-2-6-3-4;1-5-3-4-6-2;1-7-2-3(4,5)6;1-6-2-3(4)5/h2-5H,1H3;6H,2-5H2,1H3;2*5H,2-4H2,1H3;5H,2-4H2,1H3;4H,2-3H2,1H3;3-4H2,1-2H3;2H2,1H3;3H,2H2,1H3/t;;2*5-;;;;;/m..10...../s1. The van der Waals surface area contributed by atoms with Gasteiger partial charge in [0.25, 0.3) is 6.43 Å². The molecule has 0 bridgehead atoms. The normalized spacial score (nSPS) is 19.1. The first-order valence-corrected chi connectivity index (χ1v) is 20.0. The third-order valence-corrected chi connectivity index (χ3v) is 7.95. The fraction of sp³-hybridized carbons (Fsp3) is 0.878. The van der Waals surface area contributed by atoms with Crippen LogP contribution in [0.2, 0.25) is 0 Å². The molecule has 4 aliphatic heterocycles. The monoisotopic (exact) mass is 904 g/mol. The lowest BCUT2D eigenvalue weighted by atomic mass is 10.2. The van der Waals surface area contributed by atoms with Crippen LogP contribution in [0.4, 0.5) is 22.0 Å². The minimum absolute atomic E-state index is 0.375. The molecule has 6 rings (SSSR count). The molecule has 1 aromatic heterocycles. The van der Waals surface area contributed by atoms with Gasteiger partial charge in [-0.3, -0.25) is 4.98 Å². The fourth-order valence-electron chi connectivity index (χ4n) is 4.10. The number of ether oxygens (including phenoxy) is 14. The van der Waals surface area contributed by atoms with Gasteiger partial charge in [-0.2, -0.15) is 13.2 Å². The van der Waals surface area contributed by atoms with Crippen molar-refractivity contribution < 1.29 is 88.3 Å². The lowest BCUT2D eigenvalue weighted by Gasteiger charge is -2.23. The topological polar surface area (TPSA) is 142 Å². The molecule has 0 aromatic carbocycles. The van der Waals surface area contributed by atoms with E-state index in [1.165, 1.54) is 20.0 Å².